The van der Waals surface area contributed by atoms with Gasteiger partial charge in [-0.25, -0.2) is 14.4 Å². The van der Waals surface area contributed by atoms with E-state index in [1.807, 2.05) is 6.07 Å². The van der Waals surface area contributed by atoms with Crippen molar-refractivity contribution in [2.75, 3.05) is 23.7 Å². The molecule has 162 valence electrons. The lowest BCUT2D eigenvalue weighted by atomic mass is 9.94. The normalized spacial score (nSPS) is 19.5. The Morgan fingerprint density at radius 3 is 2.81 bits per heavy atom. The maximum absolute atomic E-state index is 14.1. The quantitative estimate of drug-likeness (QED) is 0.600. The fourth-order valence-corrected chi connectivity index (χ4v) is 6.72. The number of rotatable bonds is 3. The molecule has 1 amide bonds. The third kappa shape index (κ3) is 3.80. The van der Waals surface area contributed by atoms with Gasteiger partial charge in [-0.2, -0.15) is 0 Å². The Labute approximate surface area is 189 Å². The number of aryl methyl sites for hydroxylation is 2. The summed E-state index contributed by atoms with van der Waals surface area (Å²) in [4.78, 5) is 27.3. The maximum atomic E-state index is 14.1. The zero-order chi connectivity index (χ0) is 21.5. The van der Waals surface area contributed by atoms with Crippen molar-refractivity contribution in [1.29, 1.82) is 0 Å². The molecule has 3 aromatic rings. The lowest BCUT2D eigenvalue weighted by molar-refractivity contribution is -0.126. The average molecular weight is 457 g/mol. The van der Waals surface area contributed by atoms with Crippen LogP contribution < -0.4 is 10.2 Å². The van der Waals surface area contributed by atoms with Gasteiger partial charge in [-0.1, -0.05) is 12.1 Å². The lowest BCUT2D eigenvalue weighted by Gasteiger charge is -2.34. The number of thiophene rings is 1. The smallest absolute Gasteiger partial charge is 0.223 e. The predicted molar refractivity (Wildman–Crippen MR) is 124 cm³/mol. The number of carbonyl (C=O) groups is 1. The number of thioether (sulfide) groups is 1. The Balaban J connectivity index is 1.27. The van der Waals surface area contributed by atoms with Crippen molar-refractivity contribution < 1.29 is 9.18 Å². The number of nitrogens with one attached hydrogen (secondary N) is 1. The number of amides is 1. The number of halogens is 1. The molecule has 2 aliphatic rings. The summed E-state index contributed by atoms with van der Waals surface area (Å²) >= 11 is 3.25. The lowest BCUT2D eigenvalue weighted by Crippen LogP contribution is -2.42. The van der Waals surface area contributed by atoms with Gasteiger partial charge in [0.2, 0.25) is 5.91 Å². The second-order valence-corrected chi connectivity index (χ2v) is 10.6. The minimum absolute atomic E-state index is 0.0227. The molecule has 0 bridgehead atoms. The molecule has 2 aliphatic heterocycles. The molecule has 1 atom stereocenters. The van der Waals surface area contributed by atoms with Crippen LogP contribution in [0.1, 0.15) is 41.3 Å². The number of anilines is 1. The third-order valence-electron chi connectivity index (χ3n) is 6.45. The van der Waals surface area contributed by atoms with Crippen molar-refractivity contribution in [1.82, 2.24) is 15.3 Å². The number of piperidine rings is 1. The maximum Gasteiger partial charge on any atom is 0.223 e. The molecule has 5 nitrogen and oxygen atoms in total. The van der Waals surface area contributed by atoms with E-state index in [2.05, 4.69) is 34.0 Å². The van der Waals surface area contributed by atoms with E-state index in [-0.39, 0.29) is 23.7 Å². The van der Waals surface area contributed by atoms with E-state index >= 15 is 0 Å². The monoisotopic (exact) mass is 456 g/mol. The minimum Gasteiger partial charge on any atom is -0.356 e. The largest absolute Gasteiger partial charge is 0.356 e. The molecule has 1 aromatic carbocycles. The van der Waals surface area contributed by atoms with E-state index in [4.69, 9.17) is 0 Å². The Hall–Kier alpha value is -2.19. The topological polar surface area (TPSA) is 58.1 Å². The fraction of sp³-hybridized carbons (Fsp3) is 0.435. The SMILES string of the molecule is Cc1sc2ncnc(N3CCC(C(=O)NC4CCSc5c(F)cccc54)CC3)c2c1C. The number of nitrogens with zero attached hydrogens (tertiary/aromatic N) is 3. The highest BCUT2D eigenvalue weighted by atomic mass is 32.2. The number of carbonyl (C=O) groups excluding carboxylic acids is 1. The predicted octanol–water partition coefficient (Wildman–Crippen LogP) is 5.02. The van der Waals surface area contributed by atoms with Gasteiger partial charge in [-0.3, -0.25) is 4.79 Å². The van der Waals surface area contributed by atoms with E-state index in [1.165, 1.54) is 28.3 Å². The summed E-state index contributed by atoms with van der Waals surface area (Å²) in [6, 6.07) is 5.06. The van der Waals surface area contributed by atoms with Crippen LogP contribution in [0, 0.1) is 25.6 Å². The second kappa shape index (κ2) is 8.39. The van der Waals surface area contributed by atoms with Crippen LogP contribution in [-0.2, 0) is 4.79 Å². The summed E-state index contributed by atoms with van der Waals surface area (Å²) < 4.78 is 14.1. The van der Waals surface area contributed by atoms with Crippen molar-refractivity contribution >= 4 is 45.0 Å². The summed E-state index contributed by atoms with van der Waals surface area (Å²) in [6.45, 7) is 5.84. The van der Waals surface area contributed by atoms with Gasteiger partial charge >= 0.3 is 0 Å². The molecule has 1 unspecified atom stereocenters. The van der Waals surface area contributed by atoms with E-state index in [9.17, 15) is 9.18 Å². The molecular weight excluding hydrogens is 431 g/mol. The molecule has 1 saturated heterocycles. The first-order valence-corrected chi connectivity index (χ1v) is 12.5. The summed E-state index contributed by atoms with van der Waals surface area (Å²) in [6.07, 6.45) is 4.05. The van der Waals surface area contributed by atoms with Crippen LogP contribution in [0.3, 0.4) is 0 Å². The van der Waals surface area contributed by atoms with E-state index in [0.717, 1.165) is 59.7 Å². The first kappa shape index (κ1) is 20.7. The highest BCUT2D eigenvalue weighted by Gasteiger charge is 2.30. The molecule has 1 N–H and O–H groups in total. The molecule has 8 heteroatoms. The number of benzene rings is 1. The van der Waals surface area contributed by atoms with Gasteiger partial charge in [0.25, 0.3) is 0 Å². The van der Waals surface area contributed by atoms with E-state index in [0.29, 0.717) is 4.90 Å². The standard InChI is InChI=1S/C23H25FN4OS2/c1-13-14(2)31-23-19(13)21(25-12-26-23)28-9-6-15(7-10-28)22(29)27-18-8-11-30-20-16(18)4-3-5-17(20)24/h3-5,12,15,18H,6-11H2,1-2H3,(H,27,29). The van der Waals surface area contributed by atoms with Crippen molar-refractivity contribution in [3.8, 4) is 0 Å². The van der Waals surface area contributed by atoms with Crippen molar-refractivity contribution in [2.45, 2.75) is 44.0 Å². The molecule has 1 fully saturated rings. The number of hydrogen-bond donors (Lipinski definition) is 1. The van der Waals surface area contributed by atoms with E-state index in [1.54, 1.807) is 23.7 Å². The highest BCUT2D eigenvalue weighted by Crippen LogP contribution is 2.39. The van der Waals surface area contributed by atoms with Crippen LogP contribution in [-0.4, -0.2) is 34.7 Å². The Morgan fingerprint density at radius 1 is 1.19 bits per heavy atom. The second-order valence-electron chi connectivity index (χ2n) is 8.28. The van der Waals surface area contributed by atoms with Crippen molar-refractivity contribution in [3.63, 3.8) is 0 Å². The van der Waals surface area contributed by atoms with Gasteiger partial charge in [0.05, 0.1) is 11.4 Å². The van der Waals surface area contributed by atoms with Crippen molar-refractivity contribution in [3.05, 3.63) is 46.3 Å². The van der Waals surface area contributed by atoms with Crippen LogP contribution >= 0.6 is 23.1 Å². The Kier molecular flexibility index (Phi) is 5.60. The van der Waals surface area contributed by atoms with Crippen LogP contribution in [0.2, 0.25) is 0 Å². The van der Waals surface area contributed by atoms with Crippen LogP contribution in [0.25, 0.3) is 10.2 Å². The van der Waals surface area contributed by atoms with Gasteiger partial charge in [-0.05, 0) is 50.3 Å². The Morgan fingerprint density at radius 2 is 2.00 bits per heavy atom. The van der Waals surface area contributed by atoms with E-state index < -0.39 is 0 Å². The van der Waals surface area contributed by atoms with Gasteiger partial charge < -0.3 is 10.2 Å². The number of hydrogen-bond acceptors (Lipinski definition) is 6. The van der Waals surface area contributed by atoms with Gasteiger partial charge in [-0.15, -0.1) is 23.1 Å². The molecule has 2 aromatic heterocycles. The minimum atomic E-state index is -0.190. The van der Waals surface area contributed by atoms with Crippen LogP contribution in [0.5, 0.6) is 0 Å². The molecule has 0 spiro atoms. The summed E-state index contributed by atoms with van der Waals surface area (Å²) in [5.74, 6) is 1.68. The molecule has 0 radical (unpaired) electrons. The average Bonchev–Trinajstić information content (AvgIpc) is 3.08. The molecule has 4 heterocycles. The fourth-order valence-electron chi connectivity index (χ4n) is 4.58. The summed E-state index contributed by atoms with van der Waals surface area (Å²) in [5, 5.41) is 4.35. The molecular formula is C23H25FN4OS2. The summed E-state index contributed by atoms with van der Waals surface area (Å²) in [5.41, 5.74) is 2.16. The number of fused-ring (bicyclic) bond motifs is 2. The molecule has 0 saturated carbocycles. The first-order chi connectivity index (χ1) is 15.0. The van der Waals surface area contributed by atoms with Crippen LogP contribution in [0.4, 0.5) is 10.2 Å². The molecule has 0 aliphatic carbocycles. The van der Waals surface area contributed by atoms with Gasteiger partial charge in [0.1, 0.15) is 22.8 Å². The molecule has 5 rings (SSSR count). The van der Waals surface area contributed by atoms with Crippen molar-refractivity contribution in [2.24, 2.45) is 5.92 Å². The van der Waals surface area contributed by atoms with Crippen LogP contribution in [0.15, 0.2) is 29.4 Å². The van der Waals surface area contributed by atoms with Gasteiger partial charge in [0, 0.05) is 34.5 Å². The Bertz CT molecular complexity index is 1140. The van der Waals surface area contributed by atoms with Gasteiger partial charge in [0.15, 0.2) is 0 Å². The molecule has 31 heavy (non-hydrogen) atoms. The number of aromatic nitrogens is 2. The summed E-state index contributed by atoms with van der Waals surface area (Å²) in [7, 11) is 0. The highest BCUT2D eigenvalue weighted by molar-refractivity contribution is 7.99. The third-order valence-corrected chi connectivity index (χ3v) is 8.73. The zero-order valence-corrected chi connectivity index (χ0v) is 19.3. The zero-order valence-electron chi connectivity index (χ0n) is 17.7. The first-order valence-electron chi connectivity index (χ1n) is 10.7.